The van der Waals surface area contributed by atoms with Crippen molar-refractivity contribution in [2.24, 2.45) is 11.8 Å². The zero-order valence-electron chi connectivity index (χ0n) is 10.6. The van der Waals surface area contributed by atoms with Gasteiger partial charge in [0.05, 0.1) is 10.6 Å². The molecule has 1 aromatic rings. The SMILES string of the molecule is C[C@@H]1C[C@@H](C)CN(c2ccc([N+](=O)[O-])cc2Br)C1. The van der Waals surface area contributed by atoms with Gasteiger partial charge in [0.25, 0.3) is 5.69 Å². The van der Waals surface area contributed by atoms with Gasteiger partial charge in [-0.15, -0.1) is 0 Å². The molecule has 1 fully saturated rings. The van der Waals surface area contributed by atoms with Gasteiger partial charge in [0.2, 0.25) is 0 Å². The maximum Gasteiger partial charge on any atom is 0.270 e. The van der Waals surface area contributed by atoms with Gasteiger partial charge in [-0.3, -0.25) is 10.1 Å². The summed E-state index contributed by atoms with van der Waals surface area (Å²) in [4.78, 5) is 12.7. The van der Waals surface area contributed by atoms with Crippen LogP contribution in [0.2, 0.25) is 0 Å². The zero-order valence-corrected chi connectivity index (χ0v) is 12.2. The first-order chi connectivity index (χ1) is 8.47. The van der Waals surface area contributed by atoms with Crippen molar-refractivity contribution in [3.8, 4) is 0 Å². The highest BCUT2D eigenvalue weighted by molar-refractivity contribution is 9.10. The Morgan fingerprint density at radius 3 is 2.44 bits per heavy atom. The van der Waals surface area contributed by atoms with E-state index in [0.717, 1.165) is 23.2 Å². The second-order valence-electron chi connectivity index (χ2n) is 5.24. The lowest BCUT2D eigenvalue weighted by atomic mass is 9.91. The van der Waals surface area contributed by atoms with Crippen molar-refractivity contribution in [1.82, 2.24) is 0 Å². The summed E-state index contributed by atoms with van der Waals surface area (Å²) in [6, 6.07) is 5.00. The van der Waals surface area contributed by atoms with Crippen LogP contribution in [-0.2, 0) is 0 Å². The molecule has 0 amide bonds. The number of nitro benzene ring substituents is 1. The highest BCUT2D eigenvalue weighted by atomic mass is 79.9. The monoisotopic (exact) mass is 312 g/mol. The summed E-state index contributed by atoms with van der Waals surface area (Å²) in [5.74, 6) is 1.33. The third-order valence-electron chi connectivity index (χ3n) is 3.35. The van der Waals surface area contributed by atoms with Gasteiger partial charge in [-0.1, -0.05) is 13.8 Å². The minimum absolute atomic E-state index is 0.128. The fourth-order valence-electron chi connectivity index (χ4n) is 2.73. The van der Waals surface area contributed by atoms with Crippen molar-refractivity contribution in [1.29, 1.82) is 0 Å². The van der Waals surface area contributed by atoms with Crippen molar-refractivity contribution in [2.45, 2.75) is 20.3 Å². The van der Waals surface area contributed by atoms with E-state index in [0.29, 0.717) is 11.8 Å². The molecule has 0 radical (unpaired) electrons. The molecule has 1 aliphatic rings. The van der Waals surface area contributed by atoms with E-state index >= 15 is 0 Å². The second kappa shape index (κ2) is 5.26. The van der Waals surface area contributed by atoms with Crippen molar-refractivity contribution in [3.63, 3.8) is 0 Å². The largest absolute Gasteiger partial charge is 0.370 e. The lowest BCUT2D eigenvalue weighted by molar-refractivity contribution is -0.384. The van der Waals surface area contributed by atoms with Crippen LogP contribution in [0.5, 0.6) is 0 Å². The first kappa shape index (κ1) is 13.3. The molecule has 1 heterocycles. The van der Waals surface area contributed by atoms with Crippen LogP contribution in [-0.4, -0.2) is 18.0 Å². The Morgan fingerprint density at radius 1 is 1.33 bits per heavy atom. The molecule has 98 valence electrons. The number of nitrogens with zero attached hydrogens (tertiary/aromatic N) is 2. The summed E-state index contributed by atoms with van der Waals surface area (Å²) in [5, 5.41) is 10.7. The Labute approximate surface area is 115 Å². The molecule has 1 aliphatic heterocycles. The van der Waals surface area contributed by atoms with Gasteiger partial charge in [-0.05, 0) is 40.3 Å². The van der Waals surface area contributed by atoms with E-state index in [4.69, 9.17) is 0 Å². The van der Waals surface area contributed by atoms with Crippen LogP contribution in [0.25, 0.3) is 0 Å². The predicted molar refractivity (Wildman–Crippen MR) is 76.0 cm³/mol. The van der Waals surface area contributed by atoms with Crippen LogP contribution in [0.4, 0.5) is 11.4 Å². The number of piperidine rings is 1. The lowest BCUT2D eigenvalue weighted by Crippen LogP contribution is -2.38. The van der Waals surface area contributed by atoms with E-state index in [1.807, 2.05) is 6.07 Å². The molecule has 2 rings (SSSR count). The molecule has 0 unspecified atom stereocenters. The topological polar surface area (TPSA) is 46.4 Å². The predicted octanol–water partition coefficient (Wildman–Crippen LogP) is 3.84. The van der Waals surface area contributed by atoms with E-state index < -0.39 is 0 Å². The summed E-state index contributed by atoms with van der Waals surface area (Å²) < 4.78 is 0.804. The Balaban J connectivity index is 2.25. The normalized spacial score (nSPS) is 24.1. The molecule has 2 atom stereocenters. The van der Waals surface area contributed by atoms with Crippen molar-refractivity contribution < 1.29 is 4.92 Å². The standard InChI is InChI=1S/C13H17BrN2O2/c1-9-5-10(2)8-15(7-9)13-4-3-11(16(17)18)6-12(13)14/h3-4,6,9-10H,5,7-8H2,1-2H3/t9-,10-/m1/s1. The summed E-state index contributed by atoms with van der Waals surface area (Å²) in [5.41, 5.74) is 1.18. The molecule has 0 N–H and O–H groups in total. The number of hydrogen-bond acceptors (Lipinski definition) is 3. The molecular weight excluding hydrogens is 296 g/mol. The molecule has 0 aromatic heterocycles. The first-order valence-electron chi connectivity index (χ1n) is 6.16. The first-order valence-corrected chi connectivity index (χ1v) is 6.95. The van der Waals surface area contributed by atoms with Crippen molar-refractivity contribution in [3.05, 3.63) is 32.8 Å². The lowest BCUT2D eigenvalue weighted by Gasteiger charge is -2.37. The number of nitro groups is 1. The van der Waals surface area contributed by atoms with Crippen LogP contribution in [0.1, 0.15) is 20.3 Å². The summed E-state index contributed by atoms with van der Waals surface area (Å²) in [6.45, 7) is 6.53. The highest BCUT2D eigenvalue weighted by Gasteiger charge is 2.23. The zero-order chi connectivity index (χ0) is 13.3. The van der Waals surface area contributed by atoms with Crippen LogP contribution >= 0.6 is 15.9 Å². The summed E-state index contributed by atoms with van der Waals surface area (Å²) >= 11 is 3.44. The third-order valence-corrected chi connectivity index (χ3v) is 3.99. The van der Waals surface area contributed by atoms with Crippen LogP contribution in [0.15, 0.2) is 22.7 Å². The van der Waals surface area contributed by atoms with Crippen molar-refractivity contribution in [2.75, 3.05) is 18.0 Å². The molecule has 0 aliphatic carbocycles. The van der Waals surface area contributed by atoms with E-state index in [9.17, 15) is 10.1 Å². The number of benzene rings is 1. The van der Waals surface area contributed by atoms with Gasteiger partial charge >= 0.3 is 0 Å². The average Bonchev–Trinajstić information content (AvgIpc) is 2.27. The smallest absolute Gasteiger partial charge is 0.270 e. The quantitative estimate of drug-likeness (QED) is 0.615. The Kier molecular flexibility index (Phi) is 3.90. The number of hydrogen-bond donors (Lipinski definition) is 0. The Hall–Kier alpha value is -1.10. The van der Waals surface area contributed by atoms with Gasteiger partial charge in [0, 0.05) is 29.7 Å². The maximum absolute atomic E-state index is 10.7. The molecule has 4 nitrogen and oxygen atoms in total. The molecule has 0 spiro atoms. The van der Waals surface area contributed by atoms with E-state index in [2.05, 4.69) is 34.7 Å². The second-order valence-corrected chi connectivity index (χ2v) is 6.10. The molecule has 1 saturated heterocycles. The fourth-order valence-corrected chi connectivity index (χ4v) is 3.34. The molecule has 18 heavy (non-hydrogen) atoms. The number of anilines is 1. The Bertz CT molecular complexity index is 454. The molecule has 1 aromatic carbocycles. The highest BCUT2D eigenvalue weighted by Crippen LogP contribution is 2.33. The number of non-ortho nitro benzene ring substituents is 1. The van der Waals surface area contributed by atoms with Gasteiger partial charge in [0.1, 0.15) is 0 Å². The minimum atomic E-state index is -0.365. The third kappa shape index (κ3) is 2.83. The van der Waals surface area contributed by atoms with Crippen molar-refractivity contribution >= 4 is 27.3 Å². The molecular formula is C13H17BrN2O2. The Morgan fingerprint density at radius 2 is 1.94 bits per heavy atom. The van der Waals surface area contributed by atoms with Crippen LogP contribution < -0.4 is 4.90 Å². The molecule has 0 bridgehead atoms. The molecule has 0 saturated carbocycles. The van der Waals surface area contributed by atoms with Gasteiger partial charge in [-0.25, -0.2) is 0 Å². The van der Waals surface area contributed by atoms with Gasteiger partial charge in [-0.2, -0.15) is 0 Å². The summed E-state index contributed by atoms with van der Waals surface area (Å²) in [6.07, 6.45) is 1.25. The maximum atomic E-state index is 10.7. The number of rotatable bonds is 2. The van der Waals surface area contributed by atoms with E-state index in [1.54, 1.807) is 12.1 Å². The van der Waals surface area contributed by atoms with Crippen LogP contribution in [0.3, 0.4) is 0 Å². The minimum Gasteiger partial charge on any atom is -0.370 e. The van der Waals surface area contributed by atoms with E-state index in [1.165, 1.54) is 6.42 Å². The fraction of sp³-hybridized carbons (Fsp3) is 0.538. The van der Waals surface area contributed by atoms with Gasteiger partial charge < -0.3 is 4.90 Å². The number of halogens is 1. The summed E-state index contributed by atoms with van der Waals surface area (Å²) in [7, 11) is 0. The average molecular weight is 313 g/mol. The molecule has 5 heteroatoms. The van der Waals surface area contributed by atoms with E-state index in [-0.39, 0.29) is 10.6 Å². The van der Waals surface area contributed by atoms with Gasteiger partial charge in [0.15, 0.2) is 0 Å². The van der Waals surface area contributed by atoms with Crippen LogP contribution in [0, 0.1) is 22.0 Å².